The van der Waals surface area contributed by atoms with Gasteiger partial charge in [0.1, 0.15) is 0 Å². The number of hydrogen-bond donors (Lipinski definition) is 1. The largest absolute Gasteiger partial charge is 0.543 e. The number of benzene rings is 1. The van der Waals surface area contributed by atoms with Gasteiger partial charge in [0.15, 0.2) is 5.69 Å². The van der Waals surface area contributed by atoms with Crippen LogP contribution in [-0.4, -0.2) is 21.7 Å². The van der Waals surface area contributed by atoms with Crippen molar-refractivity contribution < 1.29 is 14.7 Å². The van der Waals surface area contributed by atoms with Gasteiger partial charge in [-0.05, 0) is 30.7 Å². The van der Waals surface area contributed by atoms with Crippen molar-refractivity contribution in [2.45, 2.75) is 6.92 Å². The molecule has 0 unspecified atom stereocenters. The van der Waals surface area contributed by atoms with Crippen molar-refractivity contribution in [1.82, 2.24) is 9.78 Å². The van der Waals surface area contributed by atoms with E-state index >= 15 is 0 Å². The average Bonchev–Trinajstić information content (AvgIpc) is 2.76. The summed E-state index contributed by atoms with van der Waals surface area (Å²) in [5.41, 5.74) is 1.22. The monoisotopic (exact) mass is 292 g/mol. The molecule has 1 aromatic carbocycles. The van der Waals surface area contributed by atoms with E-state index in [2.05, 4.69) is 10.4 Å². The summed E-state index contributed by atoms with van der Waals surface area (Å²) in [5.74, 6) is -1.91. The molecule has 0 bridgehead atoms. The first kappa shape index (κ1) is 14.1. The molecule has 0 aliphatic heterocycles. The van der Waals surface area contributed by atoms with Crippen LogP contribution in [0.5, 0.6) is 0 Å². The van der Waals surface area contributed by atoms with E-state index in [1.54, 1.807) is 18.2 Å². The molecule has 0 spiro atoms. The first-order valence-electron chi connectivity index (χ1n) is 5.71. The van der Waals surface area contributed by atoms with E-state index < -0.39 is 11.9 Å². The minimum Gasteiger partial charge on any atom is -0.543 e. The lowest BCUT2D eigenvalue weighted by atomic mass is 10.2. The van der Waals surface area contributed by atoms with Crippen LogP contribution in [0.3, 0.4) is 0 Å². The first-order chi connectivity index (χ1) is 9.38. The fraction of sp³-hybridized carbons (Fsp3) is 0.154. The minimum absolute atomic E-state index is 0.0107. The van der Waals surface area contributed by atoms with E-state index in [1.807, 2.05) is 6.92 Å². The zero-order valence-electron chi connectivity index (χ0n) is 10.8. The molecule has 6 nitrogen and oxygen atoms in total. The summed E-state index contributed by atoms with van der Waals surface area (Å²) < 4.78 is 1.08. The summed E-state index contributed by atoms with van der Waals surface area (Å²) in [5, 5.41) is 17.7. The Morgan fingerprint density at radius 2 is 2.05 bits per heavy atom. The zero-order valence-corrected chi connectivity index (χ0v) is 11.6. The molecular weight excluding hydrogens is 282 g/mol. The number of halogens is 1. The number of aryl methyl sites for hydroxylation is 2. The van der Waals surface area contributed by atoms with E-state index in [0.717, 1.165) is 16.3 Å². The van der Waals surface area contributed by atoms with E-state index in [4.69, 9.17) is 11.6 Å². The Kier molecular flexibility index (Phi) is 3.76. The smallest absolute Gasteiger partial charge is 0.276 e. The molecule has 2 aromatic rings. The summed E-state index contributed by atoms with van der Waals surface area (Å²) in [6, 6.07) is 6.22. The average molecular weight is 293 g/mol. The maximum Gasteiger partial charge on any atom is 0.276 e. The highest BCUT2D eigenvalue weighted by molar-refractivity contribution is 6.31. The van der Waals surface area contributed by atoms with Gasteiger partial charge in [-0.3, -0.25) is 9.48 Å². The Hall–Kier alpha value is -2.34. The molecule has 2 rings (SSSR count). The lowest BCUT2D eigenvalue weighted by Crippen LogP contribution is -2.24. The van der Waals surface area contributed by atoms with Crippen LogP contribution in [0.25, 0.3) is 0 Å². The fourth-order valence-corrected chi connectivity index (χ4v) is 1.82. The van der Waals surface area contributed by atoms with Crippen LogP contribution >= 0.6 is 11.6 Å². The molecule has 0 aliphatic rings. The molecule has 0 fully saturated rings. The number of nitrogens with zero attached hydrogens (tertiary/aromatic N) is 2. The molecule has 1 N–H and O–H groups in total. The summed E-state index contributed by atoms with van der Waals surface area (Å²) in [4.78, 5) is 22.7. The van der Waals surface area contributed by atoms with Gasteiger partial charge in [0.2, 0.25) is 0 Å². The predicted molar refractivity (Wildman–Crippen MR) is 71.7 cm³/mol. The molecule has 0 atom stereocenters. The number of carboxylic acid groups (broad SMARTS) is 1. The quantitative estimate of drug-likeness (QED) is 0.914. The van der Waals surface area contributed by atoms with E-state index in [9.17, 15) is 14.7 Å². The van der Waals surface area contributed by atoms with Gasteiger partial charge >= 0.3 is 0 Å². The van der Waals surface area contributed by atoms with E-state index in [0.29, 0.717) is 10.7 Å². The number of carbonyl (C=O) groups excluding carboxylic acids is 2. The molecule has 1 aromatic heterocycles. The van der Waals surface area contributed by atoms with Gasteiger partial charge in [0.05, 0.1) is 11.7 Å². The van der Waals surface area contributed by atoms with Gasteiger partial charge in [-0.25, -0.2) is 0 Å². The normalized spacial score (nSPS) is 10.3. The lowest BCUT2D eigenvalue weighted by molar-refractivity contribution is -0.255. The maximum atomic E-state index is 12.0. The van der Waals surface area contributed by atoms with Gasteiger partial charge in [-0.15, -0.1) is 0 Å². The minimum atomic E-state index is -1.39. The van der Waals surface area contributed by atoms with Crippen molar-refractivity contribution >= 4 is 29.2 Å². The molecule has 0 radical (unpaired) electrons. The number of nitrogens with one attached hydrogen (secondary N) is 1. The second-order valence-corrected chi connectivity index (χ2v) is 4.65. The number of anilines is 1. The summed E-state index contributed by atoms with van der Waals surface area (Å²) >= 11 is 5.96. The third-order valence-corrected chi connectivity index (χ3v) is 3.16. The molecule has 1 amide bonds. The lowest BCUT2D eigenvalue weighted by Gasteiger charge is -2.05. The predicted octanol–water partition coefficient (Wildman–Crippen LogP) is 0.998. The number of hydrogen-bond acceptors (Lipinski definition) is 4. The van der Waals surface area contributed by atoms with E-state index in [-0.39, 0.29) is 11.4 Å². The molecule has 1 heterocycles. The number of amides is 1. The van der Waals surface area contributed by atoms with Crippen LogP contribution in [0, 0.1) is 6.92 Å². The van der Waals surface area contributed by atoms with Crippen LogP contribution in [0.15, 0.2) is 24.3 Å². The van der Waals surface area contributed by atoms with E-state index in [1.165, 1.54) is 7.05 Å². The number of carboxylic acids is 1. The Balaban J connectivity index is 2.21. The Bertz CT molecular complexity index is 694. The first-order valence-corrected chi connectivity index (χ1v) is 6.09. The standard InChI is InChI=1S/C13H12ClN3O3/c1-7-3-4-8(5-9(7)14)15-12(18)10-6-11(13(19)20)17(2)16-10/h3-6H,1-2H3,(H,15,18)(H,19,20)/p-1. The van der Waals surface area contributed by atoms with Crippen molar-refractivity contribution in [3.63, 3.8) is 0 Å². The van der Waals surface area contributed by atoms with Crippen LogP contribution in [-0.2, 0) is 7.05 Å². The molecule has 0 saturated heterocycles. The molecular formula is C13H11ClN3O3-. The second kappa shape index (κ2) is 5.34. The van der Waals surface area contributed by atoms with Crippen molar-refractivity contribution in [2.24, 2.45) is 7.05 Å². The number of aromatic carboxylic acids is 1. The third kappa shape index (κ3) is 2.80. The molecule has 104 valence electrons. The molecule has 20 heavy (non-hydrogen) atoms. The SMILES string of the molecule is Cc1ccc(NC(=O)c2cc(C(=O)[O-])n(C)n2)cc1Cl. The third-order valence-electron chi connectivity index (χ3n) is 2.75. The summed E-state index contributed by atoms with van der Waals surface area (Å²) in [7, 11) is 1.42. The van der Waals surface area contributed by atoms with Crippen molar-refractivity contribution in [3.8, 4) is 0 Å². The van der Waals surface area contributed by atoms with Gasteiger partial charge < -0.3 is 15.2 Å². The van der Waals surface area contributed by atoms with Gasteiger partial charge in [-0.2, -0.15) is 5.10 Å². The highest BCUT2D eigenvalue weighted by Gasteiger charge is 2.13. The Labute approximate surface area is 120 Å². The van der Waals surface area contributed by atoms with Crippen LogP contribution in [0.2, 0.25) is 5.02 Å². The van der Waals surface area contributed by atoms with Gasteiger partial charge in [0, 0.05) is 17.8 Å². The molecule has 7 heteroatoms. The number of aromatic nitrogens is 2. The van der Waals surface area contributed by atoms with Gasteiger partial charge in [-0.1, -0.05) is 17.7 Å². The van der Waals surface area contributed by atoms with Crippen LogP contribution in [0.4, 0.5) is 5.69 Å². The van der Waals surface area contributed by atoms with Crippen LogP contribution in [0.1, 0.15) is 26.5 Å². The Morgan fingerprint density at radius 3 is 2.60 bits per heavy atom. The zero-order chi connectivity index (χ0) is 14.9. The van der Waals surface area contributed by atoms with Crippen LogP contribution < -0.4 is 10.4 Å². The molecule has 0 aliphatic carbocycles. The Morgan fingerprint density at radius 1 is 1.35 bits per heavy atom. The highest BCUT2D eigenvalue weighted by atomic mass is 35.5. The number of carbonyl (C=O) groups is 2. The number of rotatable bonds is 3. The van der Waals surface area contributed by atoms with Crippen molar-refractivity contribution in [2.75, 3.05) is 5.32 Å². The summed E-state index contributed by atoms with van der Waals surface area (Å²) in [6.07, 6.45) is 0. The topological polar surface area (TPSA) is 87.0 Å². The highest BCUT2D eigenvalue weighted by Crippen LogP contribution is 2.20. The molecule has 0 saturated carbocycles. The fourth-order valence-electron chi connectivity index (χ4n) is 1.63. The second-order valence-electron chi connectivity index (χ2n) is 4.24. The van der Waals surface area contributed by atoms with Crippen molar-refractivity contribution in [1.29, 1.82) is 0 Å². The van der Waals surface area contributed by atoms with Gasteiger partial charge in [0.25, 0.3) is 5.91 Å². The maximum absolute atomic E-state index is 12.0. The van der Waals surface area contributed by atoms with Crippen molar-refractivity contribution in [3.05, 3.63) is 46.2 Å². The summed E-state index contributed by atoms with van der Waals surface area (Å²) in [6.45, 7) is 1.85.